The summed E-state index contributed by atoms with van der Waals surface area (Å²) < 4.78 is 10.5. The first-order chi connectivity index (χ1) is 12.6. The van der Waals surface area contributed by atoms with Gasteiger partial charge in [0.1, 0.15) is 11.5 Å². The van der Waals surface area contributed by atoms with Crippen molar-refractivity contribution in [1.29, 1.82) is 0 Å². The lowest BCUT2D eigenvalue weighted by Crippen LogP contribution is -2.36. The van der Waals surface area contributed by atoms with E-state index in [1.54, 1.807) is 20.2 Å². The standard InChI is InChI=1S/C19H24N4O3/c1-21-19(22-11-14-5-3-7-16(9-14)25-2)23-12-15-6-4-8-17(10-15)26-13-18(20)24/h3-10H,11-13H2,1-2H3,(H2,20,24)(H2,21,22,23). The van der Waals surface area contributed by atoms with Crippen LogP contribution in [0.25, 0.3) is 0 Å². The van der Waals surface area contributed by atoms with E-state index in [2.05, 4.69) is 15.6 Å². The molecular formula is C19H24N4O3. The second-order valence-electron chi connectivity index (χ2n) is 5.53. The van der Waals surface area contributed by atoms with Gasteiger partial charge in [-0.3, -0.25) is 9.79 Å². The van der Waals surface area contributed by atoms with Crippen molar-refractivity contribution in [3.63, 3.8) is 0 Å². The van der Waals surface area contributed by atoms with Gasteiger partial charge in [-0.25, -0.2) is 0 Å². The van der Waals surface area contributed by atoms with Crippen molar-refractivity contribution >= 4 is 11.9 Å². The number of methoxy groups -OCH3 is 1. The summed E-state index contributed by atoms with van der Waals surface area (Å²) in [5.74, 6) is 1.59. The van der Waals surface area contributed by atoms with E-state index in [4.69, 9.17) is 15.2 Å². The fourth-order valence-corrected chi connectivity index (χ4v) is 2.27. The van der Waals surface area contributed by atoms with E-state index in [1.165, 1.54) is 0 Å². The number of nitrogens with one attached hydrogen (secondary N) is 2. The van der Waals surface area contributed by atoms with Crippen LogP contribution in [0.5, 0.6) is 11.5 Å². The Balaban J connectivity index is 1.86. The highest BCUT2D eigenvalue weighted by molar-refractivity contribution is 5.79. The Labute approximate surface area is 153 Å². The molecule has 0 fully saturated rings. The highest BCUT2D eigenvalue weighted by Gasteiger charge is 2.02. The van der Waals surface area contributed by atoms with Crippen molar-refractivity contribution in [2.45, 2.75) is 13.1 Å². The summed E-state index contributed by atoms with van der Waals surface area (Å²) in [5.41, 5.74) is 7.17. The van der Waals surface area contributed by atoms with Crippen LogP contribution < -0.4 is 25.8 Å². The zero-order valence-corrected chi connectivity index (χ0v) is 15.0. The fraction of sp³-hybridized carbons (Fsp3) is 0.263. The normalized spacial score (nSPS) is 10.9. The molecule has 0 aliphatic heterocycles. The molecule has 0 saturated carbocycles. The maximum absolute atomic E-state index is 10.8. The van der Waals surface area contributed by atoms with Crippen molar-refractivity contribution < 1.29 is 14.3 Å². The fourth-order valence-electron chi connectivity index (χ4n) is 2.27. The molecule has 0 radical (unpaired) electrons. The molecule has 0 aliphatic carbocycles. The first-order valence-electron chi connectivity index (χ1n) is 8.18. The first-order valence-corrected chi connectivity index (χ1v) is 8.18. The zero-order valence-electron chi connectivity index (χ0n) is 15.0. The predicted octanol–water partition coefficient (Wildman–Crippen LogP) is 1.42. The number of carbonyl (C=O) groups is 1. The number of amides is 1. The van der Waals surface area contributed by atoms with Crippen LogP contribution in [0.3, 0.4) is 0 Å². The lowest BCUT2D eigenvalue weighted by molar-refractivity contribution is -0.119. The number of ether oxygens (including phenoxy) is 2. The minimum atomic E-state index is -0.504. The molecule has 7 nitrogen and oxygen atoms in total. The summed E-state index contributed by atoms with van der Waals surface area (Å²) >= 11 is 0. The maximum atomic E-state index is 10.8. The number of aliphatic imine (C=N–C) groups is 1. The highest BCUT2D eigenvalue weighted by Crippen LogP contribution is 2.13. The molecule has 0 bridgehead atoms. The molecule has 2 rings (SSSR count). The minimum Gasteiger partial charge on any atom is -0.497 e. The van der Waals surface area contributed by atoms with E-state index in [0.717, 1.165) is 16.9 Å². The molecule has 0 heterocycles. The van der Waals surface area contributed by atoms with E-state index in [9.17, 15) is 4.79 Å². The molecule has 4 N–H and O–H groups in total. The molecule has 0 aromatic heterocycles. The van der Waals surface area contributed by atoms with Crippen LogP contribution in [-0.4, -0.2) is 32.6 Å². The van der Waals surface area contributed by atoms with E-state index < -0.39 is 5.91 Å². The van der Waals surface area contributed by atoms with Gasteiger partial charge in [-0.05, 0) is 35.4 Å². The van der Waals surface area contributed by atoms with E-state index in [-0.39, 0.29) is 6.61 Å². The van der Waals surface area contributed by atoms with Crippen molar-refractivity contribution in [2.75, 3.05) is 20.8 Å². The molecule has 2 aromatic carbocycles. The van der Waals surface area contributed by atoms with Crippen LogP contribution in [0.15, 0.2) is 53.5 Å². The molecule has 0 unspecified atom stereocenters. The molecule has 1 amide bonds. The van der Waals surface area contributed by atoms with Gasteiger partial charge in [-0.1, -0.05) is 24.3 Å². The Bertz CT molecular complexity index is 762. The van der Waals surface area contributed by atoms with Crippen molar-refractivity contribution in [3.8, 4) is 11.5 Å². The lowest BCUT2D eigenvalue weighted by Gasteiger charge is -2.13. The molecule has 0 saturated heterocycles. The molecule has 7 heteroatoms. The number of rotatable bonds is 8. The Hall–Kier alpha value is -3.22. The smallest absolute Gasteiger partial charge is 0.255 e. The van der Waals surface area contributed by atoms with Gasteiger partial charge in [-0.15, -0.1) is 0 Å². The van der Waals surface area contributed by atoms with E-state index >= 15 is 0 Å². The minimum absolute atomic E-state index is 0.138. The quantitative estimate of drug-likeness (QED) is 0.491. The summed E-state index contributed by atoms with van der Waals surface area (Å²) in [4.78, 5) is 15.0. The van der Waals surface area contributed by atoms with Crippen LogP contribution in [0.1, 0.15) is 11.1 Å². The SMILES string of the molecule is CN=C(NCc1cccc(OC)c1)NCc1cccc(OCC(N)=O)c1. The van der Waals surface area contributed by atoms with E-state index in [1.807, 2.05) is 42.5 Å². The first kappa shape index (κ1) is 19.1. The molecular weight excluding hydrogens is 332 g/mol. The van der Waals surface area contributed by atoms with E-state index in [0.29, 0.717) is 24.8 Å². The molecule has 2 aromatic rings. The highest BCUT2D eigenvalue weighted by atomic mass is 16.5. The second-order valence-corrected chi connectivity index (χ2v) is 5.53. The number of nitrogens with two attached hydrogens (primary N) is 1. The zero-order chi connectivity index (χ0) is 18.8. The molecule has 26 heavy (non-hydrogen) atoms. The molecule has 0 atom stereocenters. The number of nitrogens with zero attached hydrogens (tertiary/aromatic N) is 1. The number of hydrogen-bond acceptors (Lipinski definition) is 4. The third-order valence-corrected chi connectivity index (χ3v) is 3.56. The average Bonchev–Trinajstić information content (AvgIpc) is 2.67. The summed E-state index contributed by atoms with van der Waals surface area (Å²) in [6.45, 7) is 1.05. The number of guanidine groups is 1. The Morgan fingerprint density at radius 1 is 1.04 bits per heavy atom. The van der Waals surface area contributed by atoms with Crippen molar-refractivity contribution in [1.82, 2.24) is 10.6 Å². The van der Waals surface area contributed by atoms with Gasteiger partial charge < -0.3 is 25.8 Å². The van der Waals surface area contributed by atoms with Gasteiger partial charge >= 0.3 is 0 Å². The predicted molar refractivity (Wildman–Crippen MR) is 101 cm³/mol. The Morgan fingerprint density at radius 3 is 2.15 bits per heavy atom. The largest absolute Gasteiger partial charge is 0.497 e. The summed E-state index contributed by atoms with van der Waals surface area (Å²) in [6, 6.07) is 15.3. The van der Waals surface area contributed by atoms with Crippen LogP contribution in [-0.2, 0) is 17.9 Å². The van der Waals surface area contributed by atoms with Crippen LogP contribution in [0.4, 0.5) is 0 Å². The summed E-state index contributed by atoms with van der Waals surface area (Å²) in [5, 5.41) is 6.49. The van der Waals surface area contributed by atoms with Gasteiger partial charge in [0, 0.05) is 20.1 Å². The average molecular weight is 356 g/mol. The number of benzene rings is 2. The van der Waals surface area contributed by atoms with Crippen LogP contribution in [0.2, 0.25) is 0 Å². The van der Waals surface area contributed by atoms with Gasteiger partial charge in [0.05, 0.1) is 7.11 Å². The topological polar surface area (TPSA) is 98.0 Å². The van der Waals surface area contributed by atoms with Crippen LogP contribution >= 0.6 is 0 Å². The van der Waals surface area contributed by atoms with Crippen molar-refractivity contribution in [3.05, 3.63) is 59.7 Å². The maximum Gasteiger partial charge on any atom is 0.255 e. The Morgan fingerprint density at radius 2 is 1.62 bits per heavy atom. The van der Waals surface area contributed by atoms with Gasteiger partial charge in [0.15, 0.2) is 12.6 Å². The van der Waals surface area contributed by atoms with Gasteiger partial charge in [-0.2, -0.15) is 0 Å². The molecule has 0 aliphatic rings. The molecule has 138 valence electrons. The number of hydrogen-bond donors (Lipinski definition) is 3. The molecule has 0 spiro atoms. The van der Waals surface area contributed by atoms with Gasteiger partial charge in [0.25, 0.3) is 5.91 Å². The Kier molecular flexibility index (Phi) is 7.30. The second kappa shape index (κ2) is 9.93. The number of primary amides is 1. The monoisotopic (exact) mass is 356 g/mol. The third kappa shape index (κ3) is 6.35. The van der Waals surface area contributed by atoms with Gasteiger partial charge in [0.2, 0.25) is 0 Å². The third-order valence-electron chi connectivity index (χ3n) is 3.56. The van der Waals surface area contributed by atoms with Crippen LogP contribution in [0, 0.1) is 0 Å². The lowest BCUT2D eigenvalue weighted by atomic mass is 10.2. The summed E-state index contributed by atoms with van der Waals surface area (Å²) in [6.07, 6.45) is 0. The summed E-state index contributed by atoms with van der Waals surface area (Å²) in [7, 11) is 3.36. The van der Waals surface area contributed by atoms with Crippen molar-refractivity contribution in [2.24, 2.45) is 10.7 Å². The number of carbonyl (C=O) groups excluding carboxylic acids is 1.